The second kappa shape index (κ2) is 7.78. The Labute approximate surface area is 155 Å². The molecule has 0 saturated carbocycles. The van der Waals surface area contributed by atoms with E-state index in [1.165, 1.54) is 0 Å². The summed E-state index contributed by atoms with van der Waals surface area (Å²) in [6.45, 7) is 3.14. The van der Waals surface area contributed by atoms with Gasteiger partial charge in [-0.3, -0.25) is 9.59 Å². The predicted molar refractivity (Wildman–Crippen MR) is 100 cm³/mol. The molecule has 1 aromatic heterocycles. The molecule has 1 aliphatic heterocycles. The fourth-order valence-corrected chi connectivity index (χ4v) is 3.15. The molecule has 2 aromatic rings. The number of pyridine rings is 1. The third kappa shape index (κ3) is 4.45. The van der Waals surface area contributed by atoms with Gasteiger partial charge < -0.3 is 10.2 Å². The SMILES string of the molecule is Cc1ccc(NC(=O)C2CCN(C(=O)c3ccc(Br)cc3)CC2)nc1. The van der Waals surface area contributed by atoms with Crippen LogP contribution in [0.1, 0.15) is 28.8 Å². The highest BCUT2D eigenvalue weighted by molar-refractivity contribution is 9.10. The smallest absolute Gasteiger partial charge is 0.253 e. The maximum Gasteiger partial charge on any atom is 0.253 e. The molecule has 0 aliphatic carbocycles. The highest BCUT2D eigenvalue weighted by Crippen LogP contribution is 2.21. The number of hydrogen-bond donors (Lipinski definition) is 1. The molecule has 2 heterocycles. The number of amides is 2. The lowest BCUT2D eigenvalue weighted by Gasteiger charge is -2.31. The van der Waals surface area contributed by atoms with Crippen molar-refractivity contribution >= 4 is 33.6 Å². The normalized spacial score (nSPS) is 15.0. The average molecular weight is 402 g/mol. The fourth-order valence-electron chi connectivity index (χ4n) is 2.89. The summed E-state index contributed by atoms with van der Waals surface area (Å²) in [7, 11) is 0. The van der Waals surface area contributed by atoms with Crippen molar-refractivity contribution in [1.82, 2.24) is 9.88 Å². The standard InChI is InChI=1S/C19H20BrN3O2/c1-13-2-7-17(21-12-13)22-18(24)14-8-10-23(11-9-14)19(25)15-3-5-16(20)6-4-15/h2-7,12,14H,8-11H2,1H3,(H,21,22,24). The van der Waals surface area contributed by atoms with Crippen LogP contribution in [0.4, 0.5) is 5.82 Å². The molecule has 1 N–H and O–H groups in total. The number of aromatic nitrogens is 1. The van der Waals surface area contributed by atoms with E-state index in [1.807, 2.05) is 42.2 Å². The number of carbonyl (C=O) groups excluding carboxylic acids is 2. The predicted octanol–water partition coefficient (Wildman–Crippen LogP) is 3.64. The molecule has 130 valence electrons. The first-order valence-electron chi connectivity index (χ1n) is 8.31. The van der Waals surface area contributed by atoms with Crippen molar-refractivity contribution in [3.8, 4) is 0 Å². The first-order chi connectivity index (χ1) is 12.0. The van der Waals surface area contributed by atoms with Crippen LogP contribution in [0.15, 0.2) is 47.1 Å². The molecule has 5 nitrogen and oxygen atoms in total. The fraction of sp³-hybridized carbons (Fsp3) is 0.316. The molecule has 0 radical (unpaired) electrons. The molecule has 6 heteroatoms. The van der Waals surface area contributed by atoms with Gasteiger partial charge in [-0.2, -0.15) is 0 Å². The van der Waals surface area contributed by atoms with Crippen molar-refractivity contribution in [3.05, 3.63) is 58.2 Å². The van der Waals surface area contributed by atoms with Gasteiger partial charge in [0.05, 0.1) is 0 Å². The van der Waals surface area contributed by atoms with E-state index in [9.17, 15) is 9.59 Å². The van der Waals surface area contributed by atoms with Gasteiger partial charge in [0, 0.05) is 35.2 Å². The van der Waals surface area contributed by atoms with Gasteiger partial charge in [-0.1, -0.05) is 22.0 Å². The summed E-state index contributed by atoms with van der Waals surface area (Å²) >= 11 is 3.37. The van der Waals surface area contributed by atoms with Crippen molar-refractivity contribution in [3.63, 3.8) is 0 Å². The third-order valence-corrected chi connectivity index (χ3v) is 4.94. The lowest BCUT2D eigenvalue weighted by atomic mass is 9.95. The quantitative estimate of drug-likeness (QED) is 0.853. The summed E-state index contributed by atoms with van der Waals surface area (Å²) in [5.74, 6) is 0.486. The summed E-state index contributed by atoms with van der Waals surface area (Å²) in [4.78, 5) is 30.9. The summed E-state index contributed by atoms with van der Waals surface area (Å²) < 4.78 is 0.948. The Bertz CT molecular complexity index is 751. The van der Waals surface area contributed by atoms with Crippen molar-refractivity contribution in [2.75, 3.05) is 18.4 Å². The van der Waals surface area contributed by atoms with E-state index in [-0.39, 0.29) is 17.7 Å². The van der Waals surface area contributed by atoms with Gasteiger partial charge in [-0.15, -0.1) is 0 Å². The molecule has 0 spiro atoms. The number of rotatable bonds is 3. The van der Waals surface area contributed by atoms with Crippen molar-refractivity contribution in [2.45, 2.75) is 19.8 Å². The second-order valence-electron chi connectivity index (χ2n) is 6.28. The van der Waals surface area contributed by atoms with Gasteiger partial charge in [0.15, 0.2) is 0 Å². The van der Waals surface area contributed by atoms with Crippen LogP contribution in [-0.2, 0) is 4.79 Å². The molecule has 0 bridgehead atoms. The van der Waals surface area contributed by atoms with Gasteiger partial charge in [-0.25, -0.2) is 4.98 Å². The number of halogens is 1. The van der Waals surface area contributed by atoms with E-state index < -0.39 is 0 Å². The van der Waals surface area contributed by atoms with E-state index in [2.05, 4.69) is 26.2 Å². The van der Waals surface area contributed by atoms with Crippen LogP contribution in [0, 0.1) is 12.8 Å². The van der Waals surface area contributed by atoms with Gasteiger partial charge in [0.2, 0.25) is 5.91 Å². The number of hydrogen-bond acceptors (Lipinski definition) is 3. The molecule has 2 amide bonds. The zero-order valence-corrected chi connectivity index (χ0v) is 15.6. The summed E-state index contributed by atoms with van der Waals surface area (Å²) in [6.07, 6.45) is 3.06. The topological polar surface area (TPSA) is 62.3 Å². The summed E-state index contributed by atoms with van der Waals surface area (Å²) in [6, 6.07) is 11.1. The number of piperidine rings is 1. The number of aryl methyl sites for hydroxylation is 1. The zero-order chi connectivity index (χ0) is 17.8. The van der Waals surface area contributed by atoms with Crippen LogP contribution in [0.5, 0.6) is 0 Å². The number of anilines is 1. The number of likely N-dealkylation sites (tertiary alicyclic amines) is 1. The third-order valence-electron chi connectivity index (χ3n) is 4.41. The molecular formula is C19H20BrN3O2. The second-order valence-corrected chi connectivity index (χ2v) is 7.20. The molecule has 0 atom stereocenters. The van der Waals surface area contributed by atoms with Crippen LogP contribution in [-0.4, -0.2) is 34.8 Å². The first-order valence-corrected chi connectivity index (χ1v) is 9.10. The number of carbonyl (C=O) groups is 2. The minimum absolute atomic E-state index is 0.0200. The van der Waals surface area contributed by atoms with Gasteiger partial charge in [-0.05, 0) is 55.7 Å². The van der Waals surface area contributed by atoms with Crippen LogP contribution in [0.2, 0.25) is 0 Å². The molecule has 1 aliphatic rings. The Morgan fingerprint density at radius 2 is 1.80 bits per heavy atom. The maximum absolute atomic E-state index is 12.5. The van der Waals surface area contributed by atoms with Crippen molar-refractivity contribution in [1.29, 1.82) is 0 Å². The van der Waals surface area contributed by atoms with Crippen LogP contribution in [0.25, 0.3) is 0 Å². The van der Waals surface area contributed by atoms with Gasteiger partial charge in [0.1, 0.15) is 5.82 Å². The molecule has 3 rings (SSSR count). The molecule has 0 unspecified atom stereocenters. The molecule has 25 heavy (non-hydrogen) atoms. The number of nitrogens with one attached hydrogen (secondary N) is 1. The zero-order valence-electron chi connectivity index (χ0n) is 14.0. The van der Waals surface area contributed by atoms with E-state index in [0.29, 0.717) is 37.3 Å². The van der Waals surface area contributed by atoms with Gasteiger partial charge >= 0.3 is 0 Å². The van der Waals surface area contributed by atoms with E-state index in [1.54, 1.807) is 12.3 Å². The van der Waals surface area contributed by atoms with E-state index >= 15 is 0 Å². The molecule has 1 saturated heterocycles. The molecular weight excluding hydrogens is 382 g/mol. The van der Waals surface area contributed by atoms with Crippen LogP contribution >= 0.6 is 15.9 Å². The Balaban J connectivity index is 1.54. The maximum atomic E-state index is 12.5. The number of benzene rings is 1. The Hall–Kier alpha value is -2.21. The Morgan fingerprint density at radius 1 is 1.12 bits per heavy atom. The van der Waals surface area contributed by atoms with E-state index in [4.69, 9.17) is 0 Å². The largest absolute Gasteiger partial charge is 0.339 e. The Morgan fingerprint density at radius 3 is 2.40 bits per heavy atom. The van der Waals surface area contributed by atoms with Crippen molar-refractivity contribution in [2.24, 2.45) is 5.92 Å². The Kier molecular flexibility index (Phi) is 5.48. The highest BCUT2D eigenvalue weighted by Gasteiger charge is 2.28. The van der Waals surface area contributed by atoms with Gasteiger partial charge in [0.25, 0.3) is 5.91 Å². The monoisotopic (exact) mass is 401 g/mol. The highest BCUT2D eigenvalue weighted by atomic mass is 79.9. The molecule has 1 aromatic carbocycles. The average Bonchev–Trinajstić information content (AvgIpc) is 2.64. The minimum Gasteiger partial charge on any atom is -0.339 e. The number of nitrogens with zero attached hydrogens (tertiary/aromatic N) is 2. The van der Waals surface area contributed by atoms with Crippen LogP contribution in [0.3, 0.4) is 0 Å². The van der Waals surface area contributed by atoms with Crippen molar-refractivity contribution < 1.29 is 9.59 Å². The van der Waals surface area contributed by atoms with E-state index in [0.717, 1.165) is 10.0 Å². The summed E-state index contributed by atoms with van der Waals surface area (Å²) in [5.41, 5.74) is 1.73. The lowest BCUT2D eigenvalue weighted by Crippen LogP contribution is -2.41. The minimum atomic E-state index is -0.0860. The summed E-state index contributed by atoms with van der Waals surface area (Å²) in [5, 5.41) is 2.86. The van der Waals surface area contributed by atoms with Crippen LogP contribution < -0.4 is 5.32 Å². The lowest BCUT2D eigenvalue weighted by molar-refractivity contribution is -0.121. The molecule has 1 fully saturated rings. The first kappa shape index (κ1) is 17.6.